The first-order valence-corrected chi connectivity index (χ1v) is 18.0. The zero-order valence-electron chi connectivity index (χ0n) is 26.0. The van der Waals surface area contributed by atoms with Gasteiger partial charge in [-0.25, -0.2) is 0 Å². The van der Waals surface area contributed by atoms with E-state index in [2.05, 4.69) is 130 Å². The Morgan fingerprint density at radius 3 is 1.94 bits per heavy atom. The second-order valence-electron chi connectivity index (χ2n) is 12.0. The van der Waals surface area contributed by atoms with Crippen LogP contribution in [0, 0.1) is 0 Å². The zero-order chi connectivity index (χ0) is 31.6. The van der Waals surface area contributed by atoms with Crippen molar-refractivity contribution in [1.29, 1.82) is 0 Å². The number of ether oxygens (including phenoxy) is 2. The molecule has 0 aliphatic carbocycles. The monoisotopic (exact) mass is 632 g/mol. The van der Waals surface area contributed by atoms with Crippen LogP contribution in [0.25, 0.3) is 0 Å². The number of rotatable bonds is 5. The summed E-state index contributed by atoms with van der Waals surface area (Å²) >= 11 is 0. The molecule has 0 fully saturated rings. The van der Waals surface area contributed by atoms with E-state index in [0.29, 0.717) is 17.2 Å². The molecule has 3 aliphatic rings. The summed E-state index contributed by atoms with van der Waals surface area (Å²) < 4.78 is 32.1. The Kier molecular flexibility index (Phi) is 5.92. The maximum atomic E-state index is 7.82. The summed E-state index contributed by atoms with van der Waals surface area (Å²) in [6.45, 7) is 0. The van der Waals surface area contributed by atoms with Gasteiger partial charge in [-0.2, -0.15) is 0 Å². The minimum atomic E-state index is -4.89. The molecule has 0 N–H and O–H groups in total. The third-order valence-electron chi connectivity index (χ3n) is 9.66. The second kappa shape index (κ2) is 10.1. The van der Waals surface area contributed by atoms with Gasteiger partial charge in [0.15, 0.2) is 0 Å². The Balaban J connectivity index is 1.53. The Morgan fingerprint density at radius 1 is 0.617 bits per heavy atom. The number of hydrogen-bond acceptors (Lipinski definition) is 5. The molecule has 47 heavy (non-hydrogen) atoms. The van der Waals surface area contributed by atoms with Crippen molar-refractivity contribution in [3.8, 4) is 23.0 Å². The van der Waals surface area contributed by atoms with Crippen LogP contribution in [0.5, 0.6) is 23.0 Å². The van der Waals surface area contributed by atoms with Crippen molar-refractivity contribution in [3.05, 3.63) is 174 Å². The summed E-state index contributed by atoms with van der Waals surface area (Å²) in [4.78, 5) is 0. The van der Waals surface area contributed by atoms with Crippen LogP contribution in [0.4, 0.5) is 11.4 Å². The van der Waals surface area contributed by atoms with Crippen molar-refractivity contribution in [1.82, 2.24) is 0 Å². The third-order valence-corrected chi connectivity index (χ3v) is 14.8. The number of benzene rings is 6. The van der Waals surface area contributed by atoms with Gasteiger partial charge in [0.2, 0.25) is 0 Å². The SMILES string of the molecule is COc1ccc2c(c1)O[Si-]13(c4ccccc4)Oc4cc(OC)ccc4[C@@H](c4ccccc4)N1c1ccccc1[N+]3=C2c1ccccc1. The van der Waals surface area contributed by atoms with E-state index in [4.69, 9.17) is 18.3 Å². The Labute approximate surface area is 274 Å². The van der Waals surface area contributed by atoms with Gasteiger partial charge in [0.1, 0.15) is 0 Å². The van der Waals surface area contributed by atoms with Crippen LogP contribution in [0.1, 0.15) is 28.3 Å². The van der Waals surface area contributed by atoms with Gasteiger partial charge in [0.05, 0.1) is 0 Å². The van der Waals surface area contributed by atoms with E-state index >= 15 is 0 Å². The summed E-state index contributed by atoms with van der Waals surface area (Å²) in [6.07, 6.45) is 0. The molecule has 6 nitrogen and oxygen atoms in total. The molecule has 3 heterocycles. The zero-order valence-corrected chi connectivity index (χ0v) is 27.0. The van der Waals surface area contributed by atoms with Crippen molar-refractivity contribution in [2.24, 2.45) is 0 Å². The third kappa shape index (κ3) is 3.63. The Hall–Kier alpha value is -5.79. The number of methoxy groups -OCH3 is 2. The van der Waals surface area contributed by atoms with Gasteiger partial charge in [-0.3, -0.25) is 0 Å². The molecule has 0 saturated carbocycles. The molecule has 1 atom stereocenters. The van der Waals surface area contributed by atoms with Crippen LogP contribution in [-0.4, -0.2) is 32.3 Å². The molecule has 6 aromatic rings. The minimum absolute atomic E-state index is 0.255. The molecular formula is C40H32N2O4Si. The van der Waals surface area contributed by atoms with Crippen LogP contribution in [0.2, 0.25) is 0 Å². The van der Waals surface area contributed by atoms with Crippen LogP contribution < -0.4 is 28.1 Å². The molecule has 0 saturated heterocycles. The molecular weight excluding hydrogens is 601 g/mol. The molecule has 0 amide bonds. The first-order chi connectivity index (χ1) is 23.2. The van der Waals surface area contributed by atoms with E-state index in [1.807, 2.05) is 30.3 Å². The van der Waals surface area contributed by atoms with Crippen LogP contribution in [0.15, 0.2) is 152 Å². The van der Waals surface area contributed by atoms with Crippen molar-refractivity contribution in [2.45, 2.75) is 6.04 Å². The molecule has 0 aromatic heterocycles. The van der Waals surface area contributed by atoms with Gasteiger partial charge in [-0.1, -0.05) is 0 Å². The standard InChI is InChI=1S/C40H32N2O4Si/c1-43-30-22-24-33-37(26-30)45-47(32-18-10-5-11-19-32)41(39(33)28-14-6-3-7-15-28)35-20-12-13-21-36(35)42(47)40(29-16-8-4-9-17-29)34-25-23-31(44-2)27-38(34)46-47/h3-27,39H,1-2H3/t39-/m1/s1. The quantitative estimate of drug-likeness (QED) is 0.184. The molecule has 1 spiro atoms. The van der Waals surface area contributed by atoms with Crippen molar-refractivity contribution in [2.75, 3.05) is 18.8 Å². The molecule has 230 valence electrons. The number of fused-ring (bicyclic) bond motifs is 5. The average Bonchev–Trinajstić information content (AvgIpc) is 3.40. The van der Waals surface area contributed by atoms with Gasteiger partial charge in [-0.05, 0) is 0 Å². The first-order valence-electron chi connectivity index (χ1n) is 15.8. The maximum absolute atomic E-state index is 7.82. The summed E-state index contributed by atoms with van der Waals surface area (Å²) in [5, 5.41) is 0.958. The van der Waals surface area contributed by atoms with E-state index in [1.54, 1.807) is 14.2 Å². The van der Waals surface area contributed by atoms with E-state index in [9.17, 15) is 0 Å². The van der Waals surface area contributed by atoms with Crippen molar-refractivity contribution in [3.63, 3.8) is 0 Å². The van der Waals surface area contributed by atoms with E-state index in [1.165, 1.54) is 0 Å². The van der Waals surface area contributed by atoms with Crippen LogP contribution in [-0.2, 0) is 0 Å². The number of anilines is 1. The number of para-hydroxylation sites is 2. The van der Waals surface area contributed by atoms with Gasteiger partial charge in [-0.15, -0.1) is 0 Å². The molecule has 0 bridgehead atoms. The number of nitrogens with zero attached hydrogens (tertiary/aromatic N) is 2. The van der Waals surface area contributed by atoms with Gasteiger partial charge < -0.3 is 0 Å². The Morgan fingerprint density at radius 2 is 1.21 bits per heavy atom. The normalized spacial score (nSPS) is 18.5. The Bertz CT molecular complexity index is 2210. The van der Waals surface area contributed by atoms with E-state index < -0.39 is 8.16 Å². The average molecular weight is 633 g/mol. The van der Waals surface area contributed by atoms with E-state index in [0.717, 1.165) is 50.3 Å². The molecule has 7 heteroatoms. The summed E-state index contributed by atoms with van der Waals surface area (Å²) in [7, 11) is -1.52. The first kappa shape index (κ1) is 27.5. The second-order valence-corrected chi connectivity index (χ2v) is 15.9. The summed E-state index contributed by atoms with van der Waals surface area (Å²) in [5.41, 5.74) is 7.25. The van der Waals surface area contributed by atoms with Crippen LogP contribution in [0.3, 0.4) is 0 Å². The number of hydrogen-bond donors (Lipinski definition) is 0. The fraction of sp³-hybridized carbons (Fsp3) is 0.0750. The molecule has 3 aliphatic heterocycles. The van der Waals surface area contributed by atoms with Crippen molar-refractivity contribution >= 4 is 30.4 Å². The fourth-order valence-corrected chi connectivity index (χ4v) is 13.7. The molecule has 6 aromatic carbocycles. The summed E-state index contributed by atoms with van der Waals surface area (Å²) in [5.74, 6) is 2.85. The summed E-state index contributed by atoms with van der Waals surface area (Å²) in [6, 6.07) is 52.2. The fourth-order valence-electron chi connectivity index (χ4n) is 7.76. The predicted octanol–water partition coefficient (Wildman–Crippen LogP) is 7.58. The van der Waals surface area contributed by atoms with Crippen molar-refractivity contribution < 1.29 is 22.6 Å². The van der Waals surface area contributed by atoms with E-state index in [-0.39, 0.29) is 6.04 Å². The van der Waals surface area contributed by atoms with Gasteiger partial charge in [0, 0.05) is 0 Å². The topological polar surface area (TPSA) is 43.2 Å². The van der Waals surface area contributed by atoms with Gasteiger partial charge in [0.25, 0.3) is 0 Å². The predicted molar refractivity (Wildman–Crippen MR) is 186 cm³/mol. The van der Waals surface area contributed by atoms with Gasteiger partial charge >= 0.3 is 275 Å². The molecule has 0 radical (unpaired) electrons. The van der Waals surface area contributed by atoms with Crippen LogP contribution >= 0.6 is 0 Å². The molecule has 9 rings (SSSR count). The molecule has 0 unspecified atom stereocenters.